The SMILES string of the molecule is C=C(C)C(=O)OCCCc1cc(CCCOC(=O)C(=C)C)c2oc(=O)c(-c3ccc(OC(O)C(=C)C)cc3)cc2c1. The number of hydrogen-bond donors (Lipinski definition) is 1. The van der Waals surface area contributed by atoms with Crippen LogP contribution in [0.5, 0.6) is 5.75 Å². The summed E-state index contributed by atoms with van der Waals surface area (Å²) in [5.74, 6) is -0.446. The van der Waals surface area contributed by atoms with Gasteiger partial charge in [-0.2, -0.15) is 0 Å². The van der Waals surface area contributed by atoms with Crippen LogP contribution in [-0.2, 0) is 31.9 Å². The summed E-state index contributed by atoms with van der Waals surface area (Å²) in [5.41, 5.74) is 3.91. The van der Waals surface area contributed by atoms with Crippen molar-refractivity contribution in [3.8, 4) is 16.9 Å². The minimum absolute atomic E-state index is 0.199. The van der Waals surface area contributed by atoms with Gasteiger partial charge in [0.2, 0.25) is 6.29 Å². The second kappa shape index (κ2) is 14.3. The normalized spacial score (nSPS) is 11.5. The largest absolute Gasteiger partial charge is 0.462 e. The lowest BCUT2D eigenvalue weighted by atomic mass is 9.98. The fourth-order valence-electron chi connectivity index (χ4n) is 3.96. The third kappa shape index (κ3) is 8.78. The Kier molecular flexibility index (Phi) is 10.8. The number of benzene rings is 2. The fraction of sp³-hybridized carbons (Fsp3) is 0.303. The van der Waals surface area contributed by atoms with Crippen LogP contribution in [0.2, 0.25) is 0 Å². The van der Waals surface area contributed by atoms with Gasteiger partial charge in [0.1, 0.15) is 11.3 Å². The lowest BCUT2D eigenvalue weighted by molar-refractivity contribution is -0.139. The zero-order valence-corrected chi connectivity index (χ0v) is 23.8. The molecule has 0 spiro atoms. The van der Waals surface area contributed by atoms with Gasteiger partial charge in [-0.05, 0) is 93.0 Å². The van der Waals surface area contributed by atoms with Gasteiger partial charge in [-0.3, -0.25) is 0 Å². The molecule has 0 bridgehead atoms. The Bertz CT molecular complexity index is 1510. The highest BCUT2D eigenvalue weighted by Crippen LogP contribution is 2.28. The van der Waals surface area contributed by atoms with Crippen molar-refractivity contribution in [2.75, 3.05) is 13.2 Å². The van der Waals surface area contributed by atoms with Gasteiger partial charge < -0.3 is 23.7 Å². The summed E-state index contributed by atoms with van der Waals surface area (Å²) in [7, 11) is 0. The van der Waals surface area contributed by atoms with E-state index in [1.807, 2.05) is 12.1 Å². The van der Waals surface area contributed by atoms with Crippen LogP contribution in [0.25, 0.3) is 22.1 Å². The molecule has 216 valence electrons. The van der Waals surface area contributed by atoms with Crippen molar-refractivity contribution in [1.29, 1.82) is 0 Å². The highest BCUT2D eigenvalue weighted by atomic mass is 16.6. The Balaban J connectivity index is 1.88. The zero-order valence-electron chi connectivity index (χ0n) is 23.8. The maximum atomic E-state index is 13.1. The Labute approximate surface area is 239 Å². The monoisotopic (exact) mass is 560 g/mol. The molecule has 1 atom stereocenters. The summed E-state index contributed by atoms with van der Waals surface area (Å²) in [6.07, 6.45) is 1.13. The fourth-order valence-corrected chi connectivity index (χ4v) is 3.96. The molecule has 0 radical (unpaired) electrons. The number of hydrogen-bond acceptors (Lipinski definition) is 8. The van der Waals surface area contributed by atoms with Crippen molar-refractivity contribution in [2.24, 2.45) is 0 Å². The molecule has 41 heavy (non-hydrogen) atoms. The first-order valence-corrected chi connectivity index (χ1v) is 13.3. The van der Waals surface area contributed by atoms with Crippen LogP contribution < -0.4 is 10.4 Å². The van der Waals surface area contributed by atoms with E-state index in [9.17, 15) is 19.5 Å². The van der Waals surface area contributed by atoms with Crippen LogP contribution in [0.3, 0.4) is 0 Å². The van der Waals surface area contributed by atoms with Crippen molar-refractivity contribution in [2.45, 2.75) is 52.7 Å². The molecule has 0 fully saturated rings. The summed E-state index contributed by atoms with van der Waals surface area (Å²) in [5, 5.41) is 10.6. The summed E-state index contributed by atoms with van der Waals surface area (Å²) in [6.45, 7) is 16.1. The van der Waals surface area contributed by atoms with E-state index in [-0.39, 0.29) is 13.2 Å². The van der Waals surface area contributed by atoms with E-state index in [2.05, 4.69) is 19.7 Å². The molecule has 8 heteroatoms. The third-order valence-electron chi connectivity index (χ3n) is 6.17. The minimum Gasteiger partial charge on any atom is -0.462 e. The highest BCUT2D eigenvalue weighted by Gasteiger charge is 2.14. The number of rotatable bonds is 14. The molecule has 1 heterocycles. The molecule has 3 rings (SSSR count). The van der Waals surface area contributed by atoms with Gasteiger partial charge in [0, 0.05) is 16.5 Å². The van der Waals surface area contributed by atoms with Crippen molar-refractivity contribution < 1.29 is 33.3 Å². The second-order valence-electron chi connectivity index (χ2n) is 10.0. The van der Waals surface area contributed by atoms with E-state index in [0.29, 0.717) is 64.9 Å². The van der Waals surface area contributed by atoms with Crippen molar-refractivity contribution in [3.63, 3.8) is 0 Å². The zero-order chi connectivity index (χ0) is 30.1. The summed E-state index contributed by atoms with van der Waals surface area (Å²) in [6, 6.07) is 12.5. The summed E-state index contributed by atoms with van der Waals surface area (Å²) < 4.78 is 21.7. The Morgan fingerprint density at radius 2 is 1.46 bits per heavy atom. The number of aliphatic hydroxyl groups excluding tert-OH is 1. The number of aryl methyl sites for hydroxylation is 2. The number of carbonyl (C=O) groups is 2. The predicted molar refractivity (Wildman–Crippen MR) is 158 cm³/mol. The molecule has 0 aliphatic rings. The maximum absolute atomic E-state index is 13.1. The standard InChI is InChI=1S/C33H36O8/c1-20(2)30(34)38-15-7-9-23-17-25(10-8-16-39-31(35)21(3)4)29-26(18-23)19-28(33(37)41-29)24-11-13-27(14-12-24)40-32(36)22(5)6/h11-14,17-19,32,36H,1,3,5,7-10,15-16H2,2,4,6H3. The van der Waals surface area contributed by atoms with Gasteiger partial charge in [-0.25, -0.2) is 14.4 Å². The van der Waals surface area contributed by atoms with Crippen LogP contribution in [0.1, 0.15) is 44.7 Å². The van der Waals surface area contributed by atoms with Gasteiger partial charge in [-0.15, -0.1) is 0 Å². The molecule has 1 aromatic heterocycles. The van der Waals surface area contributed by atoms with Crippen molar-refractivity contribution in [3.05, 3.63) is 100 Å². The first-order valence-electron chi connectivity index (χ1n) is 13.3. The topological polar surface area (TPSA) is 112 Å². The van der Waals surface area contributed by atoms with Crippen LogP contribution in [0, 0.1) is 0 Å². The first kappa shape index (κ1) is 31.1. The number of esters is 2. The number of aliphatic hydroxyl groups is 1. The van der Waals surface area contributed by atoms with Crippen LogP contribution in [0.4, 0.5) is 0 Å². The predicted octanol–water partition coefficient (Wildman–Crippen LogP) is 5.84. The van der Waals surface area contributed by atoms with Crippen LogP contribution in [-0.4, -0.2) is 36.5 Å². The van der Waals surface area contributed by atoms with Gasteiger partial charge >= 0.3 is 17.6 Å². The quantitative estimate of drug-likeness (QED) is 0.0654. The van der Waals surface area contributed by atoms with E-state index < -0.39 is 23.9 Å². The smallest absolute Gasteiger partial charge is 0.344 e. The molecule has 1 unspecified atom stereocenters. The van der Waals surface area contributed by atoms with Gasteiger partial charge in [-0.1, -0.05) is 37.9 Å². The maximum Gasteiger partial charge on any atom is 0.344 e. The summed E-state index contributed by atoms with van der Waals surface area (Å²) >= 11 is 0. The summed E-state index contributed by atoms with van der Waals surface area (Å²) in [4.78, 5) is 36.5. The molecule has 0 aliphatic heterocycles. The molecule has 0 saturated heterocycles. The van der Waals surface area contributed by atoms with Gasteiger partial charge in [0.05, 0.1) is 18.8 Å². The van der Waals surface area contributed by atoms with Gasteiger partial charge in [0.15, 0.2) is 0 Å². The molecular formula is C33H36O8. The number of carbonyl (C=O) groups excluding carboxylic acids is 2. The minimum atomic E-state index is -1.13. The molecule has 0 amide bonds. The second-order valence-corrected chi connectivity index (χ2v) is 10.0. The third-order valence-corrected chi connectivity index (χ3v) is 6.17. The van der Waals surface area contributed by atoms with E-state index in [1.54, 1.807) is 51.1 Å². The molecule has 1 N–H and O–H groups in total. The Morgan fingerprint density at radius 3 is 2.02 bits per heavy atom. The molecular weight excluding hydrogens is 524 g/mol. The molecule has 0 saturated carbocycles. The van der Waals surface area contributed by atoms with Crippen molar-refractivity contribution >= 4 is 22.9 Å². The van der Waals surface area contributed by atoms with Crippen molar-refractivity contribution in [1.82, 2.24) is 0 Å². The average molecular weight is 561 g/mol. The van der Waals surface area contributed by atoms with E-state index in [4.69, 9.17) is 18.6 Å². The molecule has 2 aromatic carbocycles. The first-order chi connectivity index (χ1) is 19.5. The van der Waals surface area contributed by atoms with Gasteiger partial charge in [0.25, 0.3) is 0 Å². The molecule has 8 nitrogen and oxygen atoms in total. The molecule has 3 aromatic rings. The van der Waals surface area contributed by atoms with E-state index >= 15 is 0 Å². The van der Waals surface area contributed by atoms with E-state index in [1.165, 1.54) is 0 Å². The average Bonchev–Trinajstić information content (AvgIpc) is 2.93. The Hall–Kier alpha value is -4.43. The van der Waals surface area contributed by atoms with Crippen LogP contribution >= 0.6 is 0 Å². The lowest BCUT2D eigenvalue weighted by Crippen LogP contribution is -2.15. The van der Waals surface area contributed by atoms with Crippen LogP contribution in [0.15, 0.2) is 88.1 Å². The van der Waals surface area contributed by atoms with E-state index in [0.717, 1.165) is 16.5 Å². The lowest BCUT2D eigenvalue weighted by Gasteiger charge is -2.14. The number of fused-ring (bicyclic) bond motifs is 1. The Morgan fingerprint density at radius 1 is 0.878 bits per heavy atom. The highest BCUT2D eigenvalue weighted by molar-refractivity contribution is 5.87. The molecule has 0 aliphatic carbocycles. The number of ether oxygens (including phenoxy) is 3.